The van der Waals surface area contributed by atoms with Crippen molar-refractivity contribution in [3.63, 3.8) is 0 Å². The second-order valence-corrected chi connectivity index (χ2v) is 8.08. The number of thiocarbonyl (C=S) groups is 1. The smallest absolute Gasteiger partial charge is 0.252 e. The molecule has 9 heteroatoms. The van der Waals surface area contributed by atoms with Crippen LogP contribution in [0.15, 0.2) is 16.3 Å². The first-order valence-corrected chi connectivity index (χ1v) is 8.44. The van der Waals surface area contributed by atoms with E-state index < -0.39 is 15.9 Å². The summed E-state index contributed by atoms with van der Waals surface area (Å²) in [7, 11) is -0.677. The van der Waals surface area contributed by atoms with Crippen molar-refractivity contribution in [2.75, 3.05) is 20.6 Å². The normalized spacial score (nSPS) is 13.2. The van der Waals surface area contributed by atoms with Crippen molar-refractivity contribution in [3.05, 3.63) is 17.0 Å². The zero-order chi connectivity index (χ0) is 15.5. The van der Waals surface area contributed by atoms with Gasteiger partial charge in [0.15, 0.2) is 0 Å². The van der Waals surface area contributed by atoms with Crippen LogP contribution in [0.2, 0.25) is 0 Å². The molecule has 0 saturated carbocycles. The molecule has 0 spiro atoms. The van der Waals surface area contributed by atoms with Crippen molar-refractivity contribution >= 4 is 44.5 Å². The van der Waals surface area contributed by atoms with Gasteiger partial charge in [-0.05, 0) is 12.1 Å². The molecule has 0 saturated heterocycles. The highest BCUT2D eigenvalue weighted by Gasteiger charge is 2.26. The van der Waals surface area contributed by atoms with Gasteiger partial charge in [-0.1, -0.05) is 19.1 Å². The molecule has 0 aliphatic heterocycles. The molecule has 0 bridgehead atoms. The van der Waals surface area contributed by atoms with Crippen LogP contribution in [0.1, 0.15) is 11.8 Å². The molecule has 0 fully saturated rings. The SMILES string of the molecule is CNC(=O)C(C)CN(C)S(=O)(=O)c1ccc(C(N)=S)s1. The second-order valence-electron chi connectivity index (χ2n) is 4.28. The highest BCUT2D eigenvalue weighted by molar-refractivity contribution is 7.91. The van der Waals surface area contributed by atoms with Gasteiger partial charge in [0.1, 0.15) is 9.20 Å². The van der Waals surface area contributed by atoms with Crippen LogP contribution in [0, 0.1) is 5.92 Å². The molecule has 1 unspecified atom stereocenters. The lowest BCUT2D eigenvalue weighted by atomic mass is 10.2. The van der Waals surface area contributed by atoms with Gasteiger partial charge >= 0.3 is 0 Å². The Hall–Kier alpha value is -1.03. The Labute approximate surface area is 128 Å². The molecule has 20 heavy (non-hydrogen) atoms. The number of rotatable bonds is 6. The van der Waals surface area contributed by atoms with Crippen LogP contribution in [0.3, 0.4) is 0 Å². The topological polar surface area (TPSA) is 92.5 Å². The molecular weight excluding hydrogens is 318 g/mol. The first-order chi connectivity index (χ1) is 9.20. The Kier molecular flexibility index (Phi) is 5.63. The predicted octanol–water partition coefficient (Wildman–Crippen LogP) is 0.385. The summed E-state index contributed by atoms with van der Waals surface area (Å²) in [5, 5.41) is 2.49. The fraction of sp³-hybridized carbons (Fsp3) is 0.455. The number of carbonyl (C=O) groups is 1. The number of thiophene rings is 1. The van der Waals surface area contributed by atoms with Crippen LogP contribution in [-0.2, 0) is 14.8 Å². The molecule has 6 nitrogen and oxygen atoms in total. The Morgan fingerprint density at radius 1 is 1.55 bits per heavy atom. The van der Waals surface area contributed by atoms with Crippen LogP contribution in [0.25, 0.3) is 0 Å². The van der Waals surface area contributed by atoms with Gasteiger partial charge in [0.05, 0.1) is 4.88 Å². The summed E-state index contributed by atoms with van der Waals surface area (Å²) in [5.74, 6) is -0.642. The molecule has 0 aliphatic carbocycles. The summed E-state index contributed by atoms with van der Waals surface area (Å²) >= 11 is 5.83. The van der Waals surface area contributed by atoms with E-state index in [9.17, 15) is 13.2 Å². The minimum atomic E-state index is -3.63. The fourth-order valence-electron chi connectivity index (χ4n) is 1.56. The van der Waals surface area contributed by atoms with Crippen LogP contribution in [-0.4, -0.2) is 44.3 Å². The number of nitrogens with zero attached hydrogens (tertiary/aromatic N) is 1. The average molecular weight is 335 g/mol. The molecule has 0 radical (unpaired) electrons. The first-order valence-electron chi connectivity index (χ1n) is 5.77. The van der Waals surface area contributed by atoms with E-state index in [-0.39, 0.29) is 21.6 Å². The zero-order valence-electron chi connectivity index (χ0n) is 11.4. The monoisotopic (exact) mass is 335 g/mol. The van der Waals surface area contributed by atoms with E-state index in [2.05, 4.69) is 5.32 Å². The summed E-state index contributed by atoms with van der Waals surface area (Å²) in [6, 6.07) is 3.05. The third-order valence-electron chi connectivity index (χ3n) is 2.71. The van der Waals surface area contributed by atoms with E-state index in [1.165, 1.54) is 20.2 Å². The summed E-state index contributed by atoms with van der Waals surface area (Å²) in [6.45, 7) is 1.77. The highest BCUT2D eigenvalue weighted by atomic mass is 32.2. The van der Waals surface area contributed by atoms with E-state index in [0.717, 1.165) is 15.6 Å². The van der Waals surface area contributed by atoms with E-state index in [1.54, 1.807) is 13.0 Å². The Morgan fingerprint density at radius 3 is 2.60 bits per heavy atom. The number of hydrogen-bond acceptors (Lipinski definition) is 5. The lowest BCUT2D eigenvalue weighted by molar-refractivity contribution is -0.124. The molecule has 0 aromatic carbocycles. The van der Waals surface area contributed by atoms with Crippen molar-refractivity contribution in [3.8, 4) is 0 Å². The van der Waals surface area contributed by atoms with Gasteiger partial charge in [0, 0.05) is 26.6 Å². The van der Waals surface area contributed by atoms with Gasteiger partial charge in [-0.15, -0.1) is 11.3 Å². The molecule has 1 atom stereocenters. The van der Waals surface area contributed by atoms with Crippen LogP contribution < -0.4 is 11.1 Å². The molecule has 1 amide bonds. The van der Waals surface area contributed by atoms with E-state index in [1.807, 2.05) is 0 Å². The molecule has 3 N–H and O–H groups in total. The van der Waals surface area contributed by atoms with Gasteiger partial charge in [-0.2, -0.15) is 4.31 Å². The number of hydrogen-bond donors (Lipinski definition) is 2. The summed E-state index contributed by atoms with van der Waals surface area (Å²) in [4.78, 5) is 12.2. The predicted molar refractivity (Wildman–Crippen MR) is 83.3 cm³/mol. The van der Waals surface area contributed by atoms with Crippen LogP contribution in [0.4, 0.5) is 0 Å². The van der Waals surface area contributed by atoms with Gasteiger partial charge in [0.2, 0.25) is 5.91 Å². The Balaban J connectivity index is 2.92. The largest absolute Gasteiger partial charge is 0.389 e. The van der Waals surface area contributed by atoms with E-state index in [4.69, 9.17) is 18.0 Å². The van der Waals surface area contributed by atoms with Gasteiger partial charge in [-0.25, -0.2) is 8.42 Å². The third kappa shape index (κ3) is 3.75. The maximum Gasteiger partial charge on any atom is 0.252 e. The van der Waals surface area contributed by atoms with Crippen molar-refractivity contribution in [2.24, 2.45) is 11.7 Å². The molecule has 112 valence electrons. The zero-order valence-corrected chi connectivity index (χ0v) is 13.9. The Morgan fingerprint density at radius 2 is 2.15 bits per heavy atom. The van der Waals surface area contributed by atoms with E-state index in [0.29, 0.717) is 4.88 Å². The summed E-state index contributed by atoms with van der Waals surface area (Å²) in [5.41, 5.74) is 5.47. The number of amides is 1. The maximum atomic E-state index is 12.3. The lowest BCUT2D eigenvalue weighted by Gasteiger charge is -2.19. The third-order valence-corrected chi connectivity index (χ3v) is 6.47. The molecule has 1 aromatic rings. The molecule has 1 aromatic heterocycles. The second kappa shape index (κ2) is 6.61. The quantitative estimate of drug-likeness (QED) is 0.734. The summed E-state index contributed by atoms with van der Waals surface area (Å²) in [6.07, 6.45) is 0. The number of nitrogens with two attached hydrogens (primary N) is 1. The molecular formula is C11H17N3O3S3. The van der Waals surface area contributed by atoms with Crippen LogP contribution in [0.5, 0.6) is 0 Å². The fourth-order valence-corrected chi connectivity index (χ4v) is 4.38. The van der Waals surface area contributed by atoms with Crippen LogP contribution >= 0.6 is 23.6 Å². The minimum Gasteiger partial charge on any atom is -0.389 e. The van der Waals surface area contributed by atoms with Crippen molar-refractivity contribution in [2.45, 2.75) is 11.1 Å². The number of sulfonamides is 1. The van der Waals surface area contributed by atoms with Gasteiger partial charge in [0.25, 0.3) is 10.0 Å². The highest BCUT2D eigenvalue weighted by Crippen LogP contribution is 2.24. The van der Waals surface area contributed by atoms with Crippen molar-refractivity contribution in [1.82, 2.24) is 9.62 Å². The standard InChI is InChI=1S/C11H17N3O3S3/c1-7(11(15)13-2)6-14(3)20(16,17)9-5-4-8(19-9)10(12)18/h4-5,7H,6H2,1-3H3,(H2,12,18)(H,13,15). The number of carbonyl (C=O) groups excluding carboxylic acids is 1. The van der Waals surface area contributed by atoms with Crippen molar-refractivity contribution < 1.29 is 13.2 Å². The first kappa shape index (κ1) is 17.0. The molecule has 1 heterocycles. The van der Waals surface area contributed by atoms with E-state index >= 15 is 0 Å². The van der Waals surface area contributed by atoms with Gasteiger partial charge in [-0.3, -0.25) is 4.79 Å². The Bertz CT molecular complexity index is 609. The maximum absolute atomic E-state index is 12.3. The van der Waals surface area contributed by atoms with Crippen molar-refractivity contribution in [1.29, 1.82) is 0 Å². The molecule has 1 rings (SSSR count). The number of nitrogens with one attached hydrogen (secondary N) is 1. The lowest BCUT2D eigenvalue weighted by Crippen LogP contribution is -2.37. The molecule has 0 aliphatic rings. The minimum absolute atomic E-state index is 0.0995. The summed E-state index contributed by atoms with van der Waals surface area (Å²) < 4.78 is 26.0. The van der Waals surface area contributed by atoms with Gasteiger partial charge < -0.3 is 11.1 Å². The average Bonchev–Trinajstić information content (AvgIpc) is 2.87.